The summed E-state index contributed by atoms with van der Waals surface area (Å²) in [6.45, 7) is 5.78. The first-order valence-electron chi connectivity index (χ1n) is 4.01. The fourth-order valence-corrected chi connectivity index (χ4v) is 0.580. The van der Waals surface area contributed by atoms with Crippen LogP contribution in [0.5, 0.6) is 0 Å². The largest absolute Gasteiger partial charge is 0.443 e. The highest BCUT2D eigenvalue weighted by atomic mass is 28.1. The lowest BCUT2D eigenvalue weighted by molar-refractivity contribution is 0.0183. The molecular formula is C8H16NO2Si. The Labute approximate surface area is 77.5 Å². The maximum atomic E-state index is 11.2. The van der Waals surface area contributed by atoms with Crippen LogP contribution < -0.4 is 0 Å². The standard InChI is InChI=1S/C8H16NO2Si/c1-5-8(2,3)11-7(10)9(4)6-12/h5-6H2,1-4H3. The Morgan fingerprint density at radius 1 is 1.58 bits per heavy atom. The van der Waals surface area contributed by atoms with E-state index in [9.17, 15) is 4.79 Å². The summed E-state index contributed by atoms with van der Waals surface area (Å²) in [7, 11) is 4.90. The van der Waals surface area contributed by atoms with E-state index in [2.05, 4.69) is 10.2 Å². The van der Waals surface area contributed by atoms with Gasteiger partial charge in [-0.2, -0.15) is 0 Å². The highest BCUT2D eigenvalue weighted by molar-refractivity contribution is 6.09. The van der Waals surface area contributed by atoms with Crippen LogP contribution in [0.3, 0.4) is 0 Å². The molecule has 0 unspecified atom stereocenters. The molecule has 0 rings (SSSR count). The van der Waals surface area contributed by atoms with E-state index in [0.29, 0.717) is 6.17 Å². The quantitative estimate of drug-likeness (QED) is 0.623. The number of nitrogens with zero attached hydrogens (tertiary/aromatic N) is 1. The summed E-state index contributed by atoms with van der Waals surface area (Å²) in [5.74, 6) is 0. The molecule has 69 valence electrons. The van der Waals surface area contributed by atoms with Gasteiger partial charge in [-0.15, -0.1) is 0 Å². The van der Waals surface area contributed by atoms with Crippen LogP contribution in [0.25, 0.3) is 0 Å². The zero-order valence-corrected chi connectivity index (χ0v) is 9.18. The van der Waals surface area contributed by atoms with E-state index >= 15 is 0 Å². The molecule has 0 aliphatic heterocycles. The molecule has 0 spiro atoms. The van der Waals surface area contributed by atoms with E-state index in [1.807, 2.05) is 20.8 Å². The summed E-state index contributed by atoms with van der Waals surface area (Å²) in [5, 5.41) is 0. The maximum Gasteiger partial charge on any atom is 0.409 e. The fourth-order valence-electron chi connectivity index (χ4n) is 0.451. The molecule has 0 bridgehead atoms. The van der Waals surface area contributed by atoms with Crippen molar-refractivity contribution in [2.24, 2.45) is 0 Å². The van der Waals surface area contributed by atoms with Gasteiger partial charge in [-0.3, -0.25) is 0 Å². The molecule has 0 aromatic rings. The maximum absolute atomic E-state index is 11.2. The van der Waals surface area contributed by atoms with E-state index in [-0.39, 0.29) is 11.7 Å². The second-order valence-corrected chi connectivity index (χ2v) is 3.65. The molecule has 0 heterocycles. The van der Waals surface area contributed by atoms with Crippen LogP contribution in [-0.2, 0) is 4.74 Å². The smallest absolute Gasteiger partial charge is 0.409 e. The Bertz CT molecular complexity index is 159. The molecular weight excluding hydrogens is 170 g/mol. The average Bonchev–Trinajstić information content (AvgIpc) is 2.02. The van der Waals surface area contributed by atoms with Crippen LogP contribution in [0.2, 0.25) is 0 Å². The van der Waals surface area contributed by atoms with Crippen LogP contribution in [0.1, 0.15) is 27.2 Å². The lowest BCUT2D eigenvalue weighted by atomic mass is 10.1. The second kappa shape index (κ2) is 4.50. The van der Waals surface area contributed by atoms with Gasteiger partial charge in [0.2, 0.25) is 0 Å². The van der Waals surface area contributed by atoms with E-state index in [4.69, 9.17) is 4.74 Å². The molecule has 4 heteroatoms. The van der Waals surface area contributed by atoms with Crippen molar-refractivity contribution in [1.82, 2.24) is 4.90 Å². The van der Waals surface area contributed by atoms with Crippen LogP contribution >= 0.6 is 0 Å². The third-order valence-corrected chi connectivity index (χ3v) is 2.24. The van der Waals surface area contributed by atoms with Crippen LogP contribution in [-0.4, -0.2) is 40.1 Å². The highest BCUT2D eigenvalue weighted by Gasteiger charge is 2.21. The molecule has 0 atom stereocenters. The van der Waals surface area contributed by atoms with E-state index in [1.165, 1.54) is 4.90 Å². The minimum absolute atomic E-state index is 0.295. The average molecular weight is 186 g/mol. The van der Waals surface area contributed by atoms with Gasteiger partial charge in [0.05, 0.1) is 10.2 Å². The number of hydrogen-bond acceptors (Lipinski definition) is 2. The molecule has 0 aliphatic rings. The Morgan fingerprint density at radius 2 is 2.08 bits per heavy atom. The fraction of sp³-hybridized carbons (Fsp3) is 0.875. The molecule has 3 radical (unpaired) electrons. The molecule has 0 aromatic carbocycles. The number of carbonyl (C=O) groups excluding carboxylic acids is 1. The molecule has 0 N–H and O–H groups in total. The topological polar surface area (TPSA) is 29.5 Å². The normalized spacial score (nSPS) is 11.1. The SMILES string of the molecule is CCC(C)(C)OC(=O)N(C)C[Si]. The number of carbonyl (C=O) groups is 1. The lowest BCUT2D eigenvalue weighted by Gasteiger charge is -2.26. The van der Waals surface area contributed by atoms with Crippen molar-refractivity contribution < 1.29 is 9.53 Å². The predicted octanol–water partition coefficient (Wildman–Crippen LogP) is 1.37. The number of ether oxygens (including phenoxy) is 1. The van der Waals surface area contributed by atoms with Gasteiger partial charge < -0.3 is 9.64 Å². The second-order valence-electron chi connectivity index (χ2n) is 3.34. The summed E-state index contributed by atoms with van der Waals surface area (Å²) >= 11 is 0. The molecule has 0 saturated heterocycles. The van der Waals surface area contributed by atoms with E-state index in [1.54, 1.807) is 7.05 Å². The van der Waals surface area contributed by atoms with Crippen molar-refractivity contribution in [1.29, 1.82) is 0 Å². The van der Waals surface area contributed by atoms with Crippen molar-refractivity contribution in [3.05, 3.63) is 0 Å². The molecule has 1 amide bonds. The van der Waals surface area contributed by atoms with Gasteiger partial charge >= 0.3 is 6.09 Å². The van der Waals surface area contributed by atoms with Gasteiger partial charge in [-0.05, 0) is 20.3 Å². The van der Waals surface area contributed by atoms with Crippen LogP contribution in [0.4, 0.5) is 4.79 Å². The van der Waals surface area contributed by atoms with Gasteiger partial charge in [0, 0.05) is 13.2 Å². The first-order valence-corrected chi connectivity index (χ1v) is 4.72. The molecule has 0 saturated carbocycles. The number of amides is 1. The number of hydrogen-bond donors (Lipinski definition) is 0. The summed E-state index contributed by atoms with van der Waals surface area (Å²) in [6, 6.07) is 0. The monoisotopic (exact) mass is 186 g/mol. The third kappa shape index (κ3) is 3.76. The summed E-state index contributed by atoms with van der Waals surface area (Å²) in [6.07, 6.45) is 1.00. The molecule has 12 heavy (non-hydrogen) atoms. The van der Waals surface area contributed by atoms with Crippen molar-refractivity contribution in [3.8, 4) is 0 Å². The Balaban J connectivity index is 4.00. The summed E-state index contributed by atoms with van der Waals surface area (Å²) < 4.78 is 5.20. The Hall–Kier alpha value is -0.513. The highest BCUT2D eigenvalue weighted by Crippen LogP contribution is 2.14. The van der Waals surface area contributed by atoms with Crippen LogP contribution in [0.15, 0.2) is 0 Å². The van der Waals surface area contributed by atoms with Gasteiger partial charge in [0.25, 0.3) is 0 Å². The summed E-state index contributed by atoms with van der Waals surface area (Å²) in [5.41, 5.74) is -0.368. The molecule has 0 aromatic heterocycles. The van der Waals surface area contributed by atoms with Gasteiger partial charge in [-0.1, -0.05) is 6.92 Å². The van der Waals surface area contributed by atoms with E-state index < -0.39 is 0 Å². The van der Waals surface area contributed by atoms with Crippen molar-refractivity contribution >= 4 is 16.3 Å². The van der Waals surface area contributed by atoms with E-state index in [0.717, 1.165) is 6.42 Å². The molecule has 0 aliphatic carbocycles. The predicted molar refractivity (Wildman–Crippen MR) is 49.2 cm³/mol. The first-order chi connectivity index (χ1) is 5.43. The first kappa shape index (κ1) is 11.5. The van der Waals surface area contributed by atoms with Crippen LogP contribution in [0, 0.1) is 0 Å². The third-order valence-electron chi connectivity index (χ3n) is 1.76. The lowest BCUT2D eigenvalue weighted by Crippen LogP contribution is -2.36. The van der Waals surface area contributed by atoms with Crippen molar-refractivity contribution in [2.75, 3.05) is 13.2 Å². The molecule has 0 fully saturated rings. The zero-order chi connectivity index (χ0) is 9.78. The van der Waals surface area contributed by atoms with Gasteiger partial charge in [0.15, 0.2) is 0 Å². The van der Waals surface area contributed by atoms with Crippen molar-refractivity contribution in [2.45, 2.75) is 32.8 Å². The Kier molecular flexibility index (Phi) is 4.30. The minimum atomic E-state index is -0.368. The van der Waals surface area contributed by atoms with Crippen molar-refractivity contribution in [3.63, 3.8) is 0 Å². The van der Waals surface area contributed by atoms with Gasteiger partial charge in [-0.25, -0.2) is 4.79 Å². The Morgan fingerprint density at radius 3 is 2.42 bits per heavy atom. The number of rotatable bonds is 3. The van der Waals surface area contributed by atoms with Gasteiger partial charge in [0.1, 0.15) is 5.60 Å². The minimum Gasteiger partial charge on any atom is -0.443 e. The molecule has 3 nitrogen and oxygen atoms in total. The summed E-state index contributed by atoms with van der Waals surface area (Å²) in [4.78, 5) is 12.7. The zero-order valence-electron chi connectivity index (χ0n) is 8.18.